The molecule has 0 atom stereocenters. The monoisotopic (exact) mass is 227 g/mol. The van der Waals surface area contributed by atoms with Gasteiger partial charge in [0.2, 0.25) is 5.91 Å². The first-order chi connectivity index (χ1) is 7.02. The number of likely N-dealkylation sites (N-methyl/N-ethyl adjacent to an activating group) is 1. The molecule has 15 heavy (non-hydrogen) atoms. The molecule has 0 fully saturated rings. The average molecular weight is 228 g/mol. The van der Waals surface area contributed by atoms with Crippen LogP contribution >= 0.6 is 11.6 Å². The van der Waals surface area contributed by atoms with Gasteiger partial charge in [0.1, 0.15) is 5.15 Å². The van der Waals surface area contributed by atoms with Crippen molar-refractivity contribution in [2.24, 2.45) is 5.73 Å². The predicted molar refractivity (Wildman–Crippen MR) is 55.4 cm³/mol. The van der Waals surface area contributed by atoms with Gasteiger partial charge in [-0.3, -0.25) is 9.59 Å². The van der Waals surface area contributed by atoms with Crippen molar-refractivity contribution in [3.8, 4) is 0 Å². The van der Waals surface area contributed by atoms with E-state index in [9.17, 15) is 9.59 Å². The maximum absolute atomic E-state index is 11.7. The molecule has 0 spiro atoms. The summed E-state index contributed by atoms with van der Waals surface area (Å²) < 4.78 is 0. The number of nitrogens with two attached hydrogens (primary N) is 1. The number of hydrogen-bond acceptors (Lipinski definition) is 3. The summed E-state index contributed by atoms with van der Waals surface area (Å²) in [5.41, 5.74) is 5.22. The fourth-order valence-electron chi connectivity index (χ4n) is 1.06. The van der Waals surface area contributed by atoms with Crippen molar-refractivity contribution in [3.63, 3.8) is 0 Å². The quantitative estimate of drug-likeness (QED) is 0.755. The number of halogens is 1. The Balaban J connectivity index is 2.85. The van der Waals surface area contributed by atoms with Crippen LogP contribution in [-0.4, -0.2) is 35.3 Å². The molecule has 2 amide bonds. The topological polar surface area (TPSA) is 76.3 Å². The van der Waals surface area contributed by atoms with Gasteiger partial charge in [-0.15, -0.1) is 0 Å². The van der Waals surface area contributed by atoms with E-state index < -0.39 is 5.91 Å². The molecule has 0 aromatic carbocycles. The zero-order valence-corrected chi connectivity index (χ0v) is 8.86. The van der Waals surface area contributed by atoms with Gasteiger partial charge in [-0.05, 0) is 12.1 Å². The second-order valence-electron chi connectivity index (χ2n) is 2.97. The predicted octanol–water partition coefficient (Wildman–Crippen LogP) is 0.292. The van der Waals surface area contributed by atoms with E-state index in [0.29, 0.717) is 0 Å². The fraction of sp³-hybridized carbons (Fsp3) is 0.222. The molecule has 1 rings (SSSR count). The van der Waals surface area contributed by atoms with Crippen LogP contribution in [0.4, 0.5) is 0 Å². The van der Waals surface area contributed by atoms with Crippen LogP contribution in [-0.2, 0) is 4.79 Å². The third kappa shape index (κ3) is 2.92. The van der Waals surface area contributed by atoms with Crippen molar-refractivity contribution in [3.05, 3.63) is 29.0 Å². The highest BCUT2D eigenvalue weighted by molar-refractivity contribution is 6.32. The van der Waals surface area contributed by atoms with E-state index in [1.54, 1.807) is 6.07 Å². The first-order valence-electron chi connectivity index (χ1n) is 4.16. The minimum atomic E-state index is -0.578. The molecule has 0 radical (unpaired) electrons. The van der Waals surface area contributed by atoms with E-state index in [0.717, 1.165) is 0 Å². The number of nitrogens with zero attached hydrogens (tertiary/aromatic N) is 2. The number of rotatable bonds is 3. The summed E-state index contributed by atoms with van der Waals surface area (Å²) in [5, 5.41) is 0.110. The van der Waals surface area contributed by atoms with E-state index in [2.05, 4.69) is 4.98 Å². The minimum Gasteiger partial charge on any atom is -0.368 e. The van der Waals surface area contributed by atoms with Gasteiger partial charge in [0.05, 0.1) is 12.1 Å². The Kier molecular flexibility index (Phi) is 3.62. The summed E-state index contributed by atoms with van der Waals surface area (Å²) in [7, 11) is 1.47. The highest BCUT2D eigenvalue weighted by Crippen LogP contribution is 2.13. The van der Waals surface area contributed by atoms with E-state index in [-0.39, 0.29) is 23.2 Å². The lowest BCUT2D eigenvalue weighted by Crippen LogP contribution is -2.35. The molecule has 0 aliphatic rings. The van der Waals surface area contributed by atoms with Crippen molar-refractivity contribution < 1.29 is 9.59 Å². The Morgan fingerprint density at radius 2 is 2.27 bits per heavy atom. The van der Waals surface area contributed by atoms with E-state index >= 15 is 0 Å². The molecule has 5 nitrogen and oxygen atoms in total. The molecule has 80 valence electrons. The summed E-state index contributed by atoms with van der Waals surface area (Å²) in [5.74, 6) is -0.960. The van der Waals surface area contributed by atoms with Crippen molar-refractivity contribution in [1.29, 1.82) is 0 Å². The number of primary amides is 1. The summed E-state index contributed by atoms with van der Waals surface area (Å²) in [6.45, 7) is -0.149. The number of hydrogen-bond donors (Lipinski definition) is 1. The summed E-state index contributed by atoms with van der Waals surface area (Å²) >= 11 is 5.72. The van der Waals surface area contributed by atoms with Crippen LogP contribution in [0.5, 0.6) is 0 Å². The summed E-state index contributed by atoms with van der Waals surface area (Å²) in [6.07, 6.45) is 1.48. The largest absolute Gasteiger partial charge is 0.368 e. The van der Waals surface area contributed by atoms with Crippen LogP contribution in [0, 0.1) is 0 Å². The second-order valence-corrected chi connectivity index (χ2v) is 3.33. The van der Waals surface area contributed by atoms with E-state index in [4.69, 9.17) is 17.3 Å². The van der Waals surface area contributed by atoms with Gasteiger partial charge in [0, 0.05) is 13.2 Å². The molecular formula is C9H10ClN3O2. The van der Waals surface area contributed by atoms with Crippen molar-refractivity contribution in [2.45, 2.75) is 0 Å². The van der Waals surface area contributed by atoms with Gasteiger partial charge in [-0.1, -0.05) is 11.6 Å². The van der Waals surface area contributed by atoms with E-state index in [1.165, 1.54) is 24.2 Å². The molecule has 0 aliphatic carbocycles. The summed E-state index contributed by atoms with van der Waals surface area (Å²) in [6, 6.07) is 3.13. The van der Waals surface area contributed by atoms with Crippen LogP contribution in [0.15, 0.2) is 18.3 Å². The second kappa shape index (κ2) is 4.75. The third-order valence-corrected chi connectivity index (χ3v) is 2.03. The van der Waals surface area contributed by atoms with Gasteiger partial charge in [0.15, 0.2) is 0 Å². The van der Waals surface area contributed by atoms with Gasteiger partial charge in [-0.25, -0.2) is 4.98 Å². The Bertz CT molecular complexity index is 395. The zero-order valence-electron chi connectivity index (χ0n) is 8.11. The molecule has 0 unspecified atom stereocenters. The molecule has 6 heteroatoms. The molecule has 0 saturated carbocycles. The lowest BCUT2D eigenvalue weighted by Gasteiger charge is -2.15. The molecule has 2 N–H and O–H groups in total. The SMILES string of the molecule is CN(CC(N)=O)C(=O)c1cccnc1Cl. The smallest absolute Gasteiger partial charge is 0.257 e. The van der Waals surface area contributed by atoms with Crippen molar-refractivity contribution in [2.75, 3.05) is 13.6 Å². The Labute approximate surface area is 91.8 Å². The van der Waals surface area contributed by atoms with Crippen LogP contribution in [0.1, 0.15) is 10.4 Å². The third-order valence-electron chi connectivity index (χ3n) is 1.73. The van der Waals surface area contributed by atoms with Gasteiger partial charge in [0.25, 0.3) is 5.91 Å². The first-order valence-corrected chi connectivity index (χ1v) is 4.54. The Morgan fingerprint density at radius 3 is 2.80 bits per heavy atom. The lowest BCUT2D eigenvalue weighted by atomic mass is 10.2. The number of carbonyl (C=O) groups excluding carboxylic acids is 2. The average Bonchev–Trinajstić information content (AvgIpc) is 2.16. The van der Waals surface area contributed by atoms with Gasteiger partial charge in [-0.2, -0.15) is 0 Å². The highest BCUT2D eigenvalue weighted by Gasteiger charge is 2.16. The Morgan fingerprint density at radius 1 is 1.60 bits per heavy atom. The van der Waals surface area contributed by atoms with Crippen LogP contribution in [0.3, 0.4) is 0 Å². The first kappa shape index (κ1) is 11.5. The molecule has 0 aliphatic heterocycles. The lowest BCUT2D eigenvalue weighted by molar-refractivity contribution is -0.118. The maximum atomic E-state index is 11.7. The standard InChI is InChI=1S/C9H10ClN3O2/c1-13(5-7(11)14)9(15)6-3-2-4-12-8(6)10/h2-4H,5H2,1H3,(H2,11,14). The molecule has 0 saturated heterocycles. The molecule has 0 bridgehead atoms. The van der Waals surface area contributed by atoms with Crippen LogP contribution in [0.25, 0.3) is 0 Å². The van der Waals surface area contributed by atoms with Gasteiger partial charge >= 0.3 is 0 Å². The summed E-state index contributed by atoms with van der Waals surface area (Å²) in [4.78, 5) is 27.3. The molecule has 1 aromatic heterocycles. The van der Waals surface area contributed by atoms with Crippen LogP contribution in [0.2, 0.25) is 5.15 Å². The van der Waals surface area contributed by atoms with E-state index in [1.807, 2.05) is 0 Å². The number of aromatic nitrogens is 1. The Hall–Kier alpha value is -1.62. The number of amides is 2. The zero-order chi connectivity index (χ0) is 11.4. The molecular weight excluding hydrogens is 218 g/mol. The van der Waals surface area contributed by atoms with Crippen molar-refractivity contribution in [1.82, 2.24) is 9.88 Å². The van der Waals surface area contributed by atoms with Gasteiger partial charge < -0.3 is 10.6 Å². The molecule has 1 aromatic rings. The fourth-order valence-corrected chi connectivity index (χ4v) is 1.26. The normalized spacial score (nSPS) is 9.73. The molecule has 1 heterocycles. The maximum Gasteiger partial charge on any atom is 0.257 e. The number of pyridine rings is 1. The minimum absolute atomic E-state index is 0.110. The number of carbonyl (C=O) groups is 2. The van der Waals surface area contributed by atoms with Crippen LogP contribution < -0.4 is 5.73 Å². The highest BCUT2D eigenvalue weighted by atomic mass is 35.5. The van der Waals surface area contributed by atoms with Crippen molar-refractivity contribution >= 4 is 23.4 Å².